The van der Waals surface area contributed by atoms with Crippen molar-refractivity contribution in [1.29, 1.82) is 0 Å². The number of allylic oxidation sites excluding steroid dienone is 2. The highest BCUT2D eigenvalue weighted by molar-refractivity contribution is 7.93. The molecule has 1 aromatic carbocycles. The lowest BCUT2D eigenvalue weighted by molar-refractivity contribution is 0.599. The van der Waals surface area contributed by atoms with Crippen LogP contribution >= 0.6 is 0 Å². The van der Waals surface area contributed by atoms with E-state index in [1.54, 1.807) is 30.4 Å². The van der Waals surface area contributed by atoms with Crippen LogP contribution in [0.3, 0.4) is 0 Å². The van der Waals surface area contributed by atoms with Gasteiger partial charge in [0.05, 0.1) is 5.69 Å². The summed E-state index contributed by atoms with van der Waals surface area (Å²) in [5.41, 5.74) is 1.55. The van der Waals surface area contributed by atoms with Gasteiger partial charge in [-0.1, -0.05) is 42.5 Å². The second-order valence-electron chi connectivity index (χ2n) is 3.70. The van der Waals surface area contributed by atoms with Crippen molar-refractivity contribution < 1.29 is 8.42 Å². The zero-order chi connectivity index (χ0) is 11.6. The molecular formula is C12H13NO2S. The Bertz CT molecular complexity index is 532. The van der Waals surface area contributed by atoms with E-state index in [0.717, 1.165) is 5.56 Å². The zero-order valence-corrected chi connectivity index (χ0v) is 9.74. The van der Waals surface area contributed by atoms with E-state index >= 15 is 0 Å². The predicted octanol–water partition coefficient (Wildman–Crippen LogP) is 2.23. The maximum absolute atomic E-state index is 11.9. The van der Waals surface area contributed by atoms with Crippen LogP contribution in [0.15, 0.2) is 48.6 Å². The number of nitrogens with one attached hydrogen (secondary N) is 1. The minimum absolute atomic E-state index is 0.563. The van der Waals surface area contributed by atoms with E-state index in [1.807, 2.05) is 25.1 Å². The lowest BCUT2D eigenvalue weighted by atomic mass is 10.2. The first-order valence-electron chi connectivity index (χ1n) is 5.02. The van der Waals surface area contributed by atoms with Crippen LogP contribution in [0, 0.1) is 6.92 Å². The molecule has 0 atom stereocenters. The summed E-state index contributed by atoms with van der Waals surface area (Å²) >= 11 is 0. The Morgan fingerprint density at radius 1 is 1.12 bits per heavy atom. The summed E-state index contributed by atoms with van der Waals surface area (Å²) in [4.78, 5) is 0. The first-order valence-corrected chi connectivity index (χ1v) is 6.56. The number of para-hydroxylation sites is 1. The minimum Gasteiger partial charge on any atom is -0.283 e. The van der Waals surface area contributed by atoms with E-state index in [4.69, 9.17) is 0 Å². The van der Waals surface area contributed by atoms with Crippen molar-refractivity contribution in [3.05, 3.63) is 54.1 Å². The molecule has 84 valence electrons. The molecule has 0 saturated carbocycles. The summed E-state index contributed by atoms with van der Waals surface area (Å²) in [7, 11) is -3.36. The summed E-state index contributed by atoms with van der Waals surface area (Å²) < 4.78 is 26.5. The van der Waals surface area contributed by atoms with Gasteiger partial charge >= 0.3 is 0 Å². The minimum atomic E-state index is -3.36. The fraction of sp³-hybridized carbons (Fsp3) is 0.167. The van der Waals surface area contributed by atoms with Crippen molar-refractivity contribution in [2.24, 2.45) is 0 Å². The molecule has 1 N–H and O–H groups in total. The highest BCUT2D eigenvalue weighted by Gasteiger charge is 2.22. The lowest BCUT2D eigenvalue weighted by Crippen LogP contribution is -2.23. The van der Waals surface area contributed by atoms with Crippen LogP contribution in [-0.4, -0.2) is 13.7 Å². The standard InChI is InChI=1S/C12H13NO2S/c1-10-6-2-5-9-12(10)13-16(14,15)11-7-3-4-8-11/h2-9,11,13H,1H3. The van der Waals surface area contributed by atoms with Crippen molar-refractivity contribution in [3.8, 4) is 0 Å². The van der Waals surface area contributed by atoms with Gasteiger partial charge in [0.25, 0.3) is 0 Å². The summed E-state index contributed by atoms with van der Waals surface area (Å²) in [5.74, 6) is 0. The van der Waals surface area contributed by atoms with Gasteiger partial charge in [0.1, 0.15) is 5.25 Å². The number of hydrogen-bond donors (Lipinski definition) is 1. The number of benzene rings is 1. The summed E-state index contributed by atoms with van der Waals surface area (Å²) in [5, 5.41) is -0.563. The topological polar surface area (TPSA) is 46.2 Å². The largest absolute Gasteiger partial charge is 0.283 e. The molecular weight excluding hydrogens is 222 g/mol. The van der Waals surface area contributed by atoms with Gasteiger partial charge in [-0.05, 0) is 18.6 Å². The number of sulfonamides is 1. The van der Waals surface area contributed by atoms with Gasteiger partial charge in [-0.3, -0.25) is 4.72 Å². The highest BCUT2D eigenvalue weighted by Crippen LogP contribution is 2.19. The predicted molar refractivity (Wildman–Crippen MR) is 65.8 cm³/mol. The molecule has 0 fully saturated rings. The van der Waals surface area contributed by atoms with E-state index < -0.39 is 15.3 Å². The molecule has 0 spiro atoms. The first-order chi connectivity index (χ1) is 7.59. The fourth-order valence-electron chi connectivity index (χ4n) is 1.53. The molecule has 0 aliphatic heterocycles. The third-order valence-corrected chi connectivity index (χ3v) is 4.00. The average Bonchev–Trinajstić information content (AvgIpc) is 2.75. The second kappa shape index (κ2) is 4.14. The Balaban J connectivity index is 2.25. The summed E-state index contributed by atoms with van der Waals surface area (Å²) in [6.07, 6.45) is 6.78. The van der Waals surface area contributed by atoms with Crippen molar-refractivity contribution in [2.75, 3.05) is 4.72 Å². The third-order valence-electron chi connectivity index (χ3n) is 2.47. The molecule has 0 saturated heterocycles. The van der Waals surface area contributed by atoms with Crippen LogP contribution < -0.4 is 4.72 Å². The Kier molecular flexibility index (Phi) is 2.83. The summed E-state index contributed by atoms with van der Waals surface area (Å²) in [6.45, 7) is 1.87. The molecule has 16 heavy (non-hydrogen) atoms. The van der Waals surface area contributed by atoms with Crippen LogP contribution in [0.5, 0.6) is 0 Å². The van der Waals surface area contributed by atoms with Gasteiger partial charge in [0.2, 0.25) is 10.0 Å². The SMILES string of the molecule is Cc1ccccc1NS(=O)(=O)C1C=CC=C1. The van der Waals surface area contributed by atoms with Gasteiger partial charge in [0.15, 0.2) is 0 Å². The molecule has 0 unspecified atom stereocenters. The number of rotatable bonds is 3. The average molecular weight is 235 g/mol. The van der Waals surface area contributed by atoms with E-state index in [-0.39, 0.29) is 0 Å². The Hall–Kier alpha value is -1.55. The number of anilines is 1. The van der Waals surface area contributed by atoms with Crippen molar-refractivity contribution in [2.45, 2.75) is 12.2 Å². The van der Waals surface area contributed by atoms with Crippen molar-refractivity contribution in [1.82, 2.24) is 0 Å². The fourth-order valence-corrected chi connectivity index (χ4v) is 2.79. The molecule has 0 aromatic heterocycles. The van der Waals surface area contributed by atoms with Crippen LogP contribution in [0.2, 0.25) is 0 Å². The van der Waals surface area contributed by atoms with Crippen molar-refractivity contribution in [3.63, 3.8) is 0 Å². The molecule has 1 aromatic rings. The van der Waals surface area contributed by atoms with E-state index in [1.165, 1.54) is 0 Å². The summed E-state index contributed by atoms with van der Waals surface area (Å²) in [6, 6.07) is 7.32. The molecule has 0 bridgehead atoms. The molecule has 1 aliphatic rings. The first kappa shape index (κ1) is 11.0. The Labute approximate surface area is 95.5 Å². The van der Waals surface area contributed by atoms with Gasteiger partial charge in [-0.15, -0.1) is 0 Å². The van der Waals surface area contributed by atoms with Crippen LogP contribution in [-0.2, 0) is 10.0 Å². The molecule has 2 rings (SSSR count). The quantitative estimate of drug-likeness (QED) is 0.873. The highest BCUT2D eigenvalue weighted by atomic mass is 32.2. The molecule has 0 heterocycles. The molecule has 0 amide bonds. The van der Waals surface area contributed by atoms with Crippen LogP contribution in [0.25, 0.3) is 0 Å². The Morgan fingerprint density at radius 3 is 2.38 bits per heavy atom. The number of hydrogen-bond acceptors (Lipinski definition) is 2. The van der Waals surface area contributed by atoms with Gasteiger partial charge in [-0.2, -0.15) is 0 Å². The van der Waals surface area contributed by atoms with Crippen molar-refractivity contribution >= 4 is 15.7 Å². The maximum atomic E-state index is 11.9. The monoisotopic (exact) mass is 235 g/mol. The third kappa shape index (κ3) is 2.17. The Morgan fingerprint density at radius 2 is 1.75 bits per heavy atom. The molecule has 0 radical (unpaired) electrons. The zero-order valence-electron chi connectivity index (χ0n) is 8.92. The van der Waals surface area contributed by atoms with E-state index in [0.29, 0.717) is 5.69 Å². The smallest absolute Gasteiger partial charge is 0.242 e. The second-order valence-corrected chi connectivity index (χ2v) is 5.53. The van der Waals surface area contributed by atoms with Gasteiger partial charge in [-0.25, -0.2) is 8.42 Å². The molecule has 1 aliphatic carbocycles. The van der Waals surface area contributed by atoms with E-state index in [2.05, 4.69) is 4.72 Å². The lowest BCUT2D eigenvalue weighted by Gasteiger charge is -2.12. The normalized spacial score (nSPS) is 15.6. The van der Waals surface area contributed by atoms with Gasteiger partial charge in [0, 0.05) is 0 Å². The molecule has 4 heteroatoms. The van der Waals surface area contributed by atoms with Crippen LogP contribution in [0.1, 0.15) is 5.56 Å². The maximum Gasteiger partial charge on any atom is 0.242 e. The molecule has 3 nitrogen and oxygen atoms in total. The number of aryl methyl sites for hydroxylation is 1. The van der Waals surface area contributed by atoms with E-state index in [9.17, 15) is 8.42 Å². The van der Waals surface area contributed by atoms with Crippen LogP contribution in [0.4, 0.5) is 5.69 Å². The van der Waals surface area contributed by atoms with Gasteiger partial charge < -0.3 is 0 Å².